The number of carboxylic acid groups (broad SMARTS) is 1. The molecule has 0 saturated carbocycles. The molecule has 94 valence electrons. The lowest BCUT2D eigenvalue weighted by molar-refractivity contribution is -0.138. The highest BCUT2D eigenvalue weighted by Crippen LogP contribution is 2.17. The van der Waals surface area contributed by atoms with Crippen LogP contribution in [0.15, 0.2) is 6.20 Å². The molecule has 1 atom stereocenters. The van der Waals surface area contributed by atoms with Crippen molar-refractivity contribution in [2.24, 2.45) is 7.05 Å². The lowest BCUT2D eigenvalue weighted by atomic mass is 10.1. The number of carbonyl (C=O) groups excluding carboxylic acids is 1. The van der Waals surface area contributed by atoms with Crippen molar-refractivity contribution < 1.29 is 14.7 Å². The third kappa shape index (κ3) is 3.05. The van der Waals surface area contributed by atoms with Crippen molar-refractivity contribution in [1.82, 2.24) is 15.1 Å². The van der Waals surface area contributed by atoms with E-state index in [1.807, 2.05) is 13.8 Å². The van der Waals surface area contributed by atoms with Crippen molar-refractivity contribution in [2.75, 3.05) is 0 Å². The number of aliphatic carboxylic acids is 1. The highest BCUT2D eigenvalue weighted by Gasteiger charge is 2.21. The number of nitrogens with zero attached hydrogens (tertiary/aromatic N) is 2. The average Bonchev–Trinajstić information content (AvgIpc) is 2.60. The number of amides is 1. The summed E-state index contributed by atoms with van der Waals surface area (Å²) in [6, 6.07) is -0.914. The van der Waals surface area contributed by atoms with Gasteiger partial charge in [-0.15, -0.1) is 0 Å². The van der Waals surface area contributed by atoms with Gasteiger partial charge in [0.15, 0.2) is 0 Å². The van der Waals surface area contributed by atoms with E-state index in [0.29, 0.717) is 11.3 Å². The van der Waals surface area contributed by atoms with Crippen molar-refractivity contribution in [3.63, 3.8) is 0 Å². The van der Waals surface area contributed by atoms with Gasteiger partial charge in [0.05, 0.1) is 11.3 Å². The normalized spacial score (nSPS) is 12.5. The molecular weight excluding hydrogens is 222 g/mol. The lowest BCUT2D eigenvalue weighted by Crippen LogP contribution is -2.38. The maximum atomic E-state index is 11.9. The summed E-state index contributed by atoms with van der Waals surface area (Å²) in [5.41, 5.74) is 1.10. The van der Waals surface area contributed by atoms with Crippen LogP contribution in [0.5, 0.6) is 0 Å². The molecule has 0 spiro atoms. The molecule has 0 aromatic carbocycles. The molecular formula is C11H17N3O3. The van der Waals surface area contributed by atoms with Gasteiger partial charge in [-0.25, -0.2) is 0 Å². The highest BCUT2D eigenvalue weighted by atomic mass is 16.4. The third-order valence-corrected chi connectivity index (χ3v) is 2.37. The predicted molar refractivity (Wildman–Crippen MR) is 61.9 cm³/mol. The smallest absolute Gasteiger partial charge is 0.325 e. The van der Waals surface area contributed by atoms with Crippen LogP contribution >= 0.6 is 0 Å². The first-order valence-corrected chi connectivity index (χ1v) is 5.40. The number of rotatable bonds is 4. The maximum Gasteiger partial charge on any atom is 0.325 e. The molecule has 2 N–H and O–H groups in total. The number of aryl methyl sites for hydroxylation is 1. The topological polar surface area (TPSA) is 84.2 Å². The lowest BCUT2D eigenvalue weighted by Gasteiger charge is -2.09. The molecule has 1 aromatic rings. The molecule has 0 bridgehead atoms. The van der Waals surface area contributed by atoms with Gasteiger partial charge in [-0.2, -0.15) is 5.10 Å². The SMILES string of the molecule is CC(NC(=O)c1cn(C)nc1C(C)C)C(=O)O. The molecule has 6 heteroatoms. The fourth-order valence-electron chi connectivity index (χ4n) is 1.44. The van der Waals surface area contributed by atoms with E-state index < -0.39 is 17.9 Å². The summed E-state index contributed by atoms with van der Waals surface area (Å²) in [5.74, 6) is -1.36. The first-order chi connectivity index (χ1) is 7.82. The minimum atomic E-state index is -1.06. The second-order valence-electron chi connectivity index (χ2n) is 4.29. The van der Waals surface area contributed by atoms with Crippen LogP contribution in [-0.2, 0) is 11.8 Å². The predicted octanol–water partition coefficient (Wildman–Crippen LogP) is 0.746. The maximum absolute atomic E-state index is 11.9. The van der Waals surface area contributed by atoms with Crippen LogP contribution < -0.4 is 5.32 Å². The molecule has 1 rings (SSSR count). The molecule has 0 aliphatic heterocycles. The van der Waals surface area contributed by atoms with Gasteiger partial charge in [0.1, 0.15) is 6.04 Å². The van der Waals surface area contributed by atoms with Gasteiger partial charge in [-0.05, 0) is 12.8 Å². The average molecular weight is 239 g/mol. The van der Waals surface area contributed by atoms with Crippen molar-refractivity contribution in [1.29, 1.82) is 0 Å². The fraction of sp³-hybridized carbons (Fsp3) is 0.545. The largest absolute Gasteiger partial charge is 0.480 e. The van der Waals surface area contributed by atoms with Crippen LogP contribution in [0, 0.1) is 0 Å². The molecule has 0 aliphatic carbocycles. The summed E-state index contributed by atoms with van der Waals surface area (Å²) < 4.78 is 1.55. The number of hydrogen-bond acceptors (Lipinski definition) is 3. The number of carbonyl (C=O) groups is 2. The van der Waals surface area contributed by atoms with Gasteiger partial charge in [0.2, 0.25) is 0 Å². The Balaban J connectivity index is 2.92. The zero-order chi connectivity index (χ0) is 13.2. The number of carboxylic acids is 1. The second kappa shape index (κ2) is 4.99. The Morgan fingerprint density at radius 1 is 1.41 bits per heavy atom. The van der Waals surface area contributed by atoms with Gasteiger partial charge >= 0.3 is 5.97 Å². The van der Waals surface area contributed by atoms with E-state index in [-0.39, 0.29) is 5.92 Å². The Hall–Kier alpha value is -1.85. The fourth-order valence-corrected chi connectivity index (χ4v) is 1.44. The van der Waals surface area contributed by atoms with Gasteiger partial charge in [0.25, 0.3) is 5.91 Å². The molecule has 0 fully saturated rings. The zero-order valence-corrected chi connectivity index (χ0v) is 10.4. The summed E-state index contributed by atoms with van der Waals surface area (Å²) in [6.45, 7) is 5.28. The van der Waals surface area contributed by atoms with Gasteiger partial charge in [-0.3, -0.25) is 14.3 Å². The summed E-state index contributed by atoms with van der Waals surface area (Å²) in [5, 5.41) is 15.3. The Kier molecular flexibility index (Phi) is 3.88. The van der Waals surface area contributed by atoms with Crippen LogP contribution in [0.25, 0.3) is 0 Å². The highest BCUT2D eigenvalue weighted by molar-refractivity contribution is 5.97. The first-order valence-electron chi connectivity index (χ1n) is 5.40. The Morgan fingerprint density at radius 3 is 2.47 bits per heavy atom. The molecule has 1 unspecified atom stereocenters. The van der Waals surface area contributed by atoms with Gasteiger partial charge < -0.3 is 10.4 Å². The minimum Gasteiger partial charge on any atom is -0.480 e. The number of nitrogens with one attached hydrogen (secondary N) is 1. The van der Waals surface area contributed by atoms with Crippen LogP contribution in [0.2, 0.25) is 0 Å². The van der Waals surface area contributed by atoms with Crippen LogP contribution in [0.1, 0.15) is 42.7 Å². The molecule has 0 saturated heterocycles. The number of hydrogen-bond donors (Lipinski definition) is 2. The van der Waals surface area contributed by atoms with E-state index in [0.717, 1.165) is 0 Å². The molecule has 0 aliphatic rings. The Bertz CT molecular complexity index is 437. The summed E-state index contributed by atoms with van der Waals surface area (Å²) in [6.07, 6.45) is 1.60. The monoisotopic (exact) mass is 239 g/mol. The molecule has 1 amide bonds. The first kappa shape index (κ1) is 13.2. The summed E-state index contributed by atoms with van der Waals surface area (Å²) in [7, 11) is 1.73. The van der Waals surface area contributed by atoms with E-state index in [2.05, 4.69) is 10.4 Å². The standard InChI is InChI=1S/C11H17N3O3/c1-6(2)9-8(5-14(4)13-9)10(15)12-7(3)11(16)17/h5-7H,1-4H3,(H,12,15)(H,16,17). The molecule has 6 nitrogen and oxygen atoms in total. The minimum absolute atomic E-state index is 0.108. The Labute approximate surface area is 99.6 Å². The zero-order valence-electron chi connectivity index (χ0n) is 10.4. The van der Waals surface area contributed by atoms with E-state index in [1.54, 1.807) is 17.9 Å². The second-order valence-corrected chi connectivity index (χ2v) is 4.29. The summed E-state index contributed by atoms with van der Waals surface area (Å²) >= 11 is 0. The van der Waals surface area contributed by atoms with Crippen molar-refractivity contribution in [2.45, 2.75) is 32.7 Å². The van der Waals surface area contributed by atoms with Gasteiger partial charge in [0, 0.05) is 13.2 Å². The summed E-state index contributed by atoms with van der Waals surface area (Å²) in [4.78, 5) is 22.5. The van der Waals surface area contributed by atoms with E-state index in [9.17, 15) is 9.59 Å². The van der Waals surface area contributed by atoms with Gasteiger partial charge in [-0.1, -0.05) is 13.8 Å². The van der Waals surface area contributed by atoms with Crippen LogP contribution in [0.4, 0.5) is 0 Å². The molecule has 1 aromatic heterocycles. The molecule has 17 heavy (non-hydrogen) atoms. The quantitative estimate of drug-likeness (QED) is 0.811. The van der Waals surface area contributed by atoms with E-state index in [1.165, 1.54) is 6.92 Å². The molecule has 0 radical (unpaired) electrons. The van der Waals surface area contributed by atoms with E-state index in [4.69, 9.17) is 5.11 Å². The van der Waals surface area contributed by atoms with Crippen molar-refractivity contribution >= 4 is 11.9 Å². The van der Waals surface area contributed by atoms with Crippen molar-refractivity contribution in [3.05, 3.63) is 17.5 Å². The number of aromatic nitrogens is 2. The third-order valence-electron chi connectivity index (χ3n) is 2.37. The molecule has 1 heterocycles. The van der Waals surface area contributed by atoms with Crippen LogP contribution in [0.3, 0.4) is 0 Å². The van der Waals surface area contributed by atoms with Crippen LogP contribution in [-0.4, -0.2) is 32.8 Å². The Morgan fingerprint density at radius 2 is 2.00 bits per heavy atom. The van der Waals surface area contributed by atoms with E-state index >= 15 is 0 Å². The van der Waals surface area contributed by atoms with Crippen molar-refractivity contribution in [3.8, 4) is 0 Å².